The highest BCUT2D eigenvalue weighted by Crippen LogP contribution is 2.34. The van der Waals surface area contributed by atoms with Crippen LogP contribution in [0.5, 0.6) is 0 Å². The van der Waals surface area contributed by atoms with Gasteiger partial charge in [-0.15, -0.1) is 12.4 Å². The van der Waals surface area contributed by atoms with Crippen LogP contribution in [0.25, 0.3) is 0 Å². The Kier molecular flexibility index (Phi) is 6.89. The summed E-state index contributed by atoms with van der Waals surface area (Å²) in [6, 6.07) is 7.93. The van der Waals surface area contributed by atoms with Gasteiger partial charge in [0, 0.05) is 0 Å². The molecule has 1 aliphatic rings. The molecule has 4 heteroatoms. The topological polar surface area (TPSA) is 52.3 Å². The summed E-state index contributed by atoms with van der Waals surface area (Å²) in [5, 5.41) is 0. The average Bonchev–Trinajstić information content (AvgIpc) is 2.90. The van der Waals surface area contributed by atoms with Crippen LogP contribution in [0, 0.1) is 0 Å². The lowest BCUT2D eigenvalue weighted by atomic mass is 9.94. The van der Waals surface area contributed by atoms with Crippen molar-refractivity contribution in [2.45, 2.75) is 70.4 Å². The van der Waals surface area contributed by atoms with Gasteiger partial charge in [-0.05, 0) is 57.1 Å². The van der Waals surface area contributed by atoms with Gasteiger partial charge in [-0.3, -0.25) is 4.79 Å². The molecule has 0 amide bonds. The standard InChI is InChI=1S/C18H27NO2.ClH/c1-18(2,3)21-17(20)16(19)12-13-7-6-10-15(11-13)14-8-4-5-9-14;/h6-7,10-11,14,16H,4-5,8-9,12,19H2,1-3H3;1H/t16-;/m0./s1. The summed E-state index contributed by atoms with van der Waals surface area (Å²) in [5.41, 5.74) is 8.01. The largest absolute Gasteiger partial charge is 0.459 e. The molecule has 22 heavy (non-hydrogen) atoms. The molecule has 3 nitrogen and oxygen atoms in total. The van der Waals surface area contributed by atoms with E-state index >= 15 is 0 Å². The first-order chi connectivity index (χ1) is 9.85. The molecular formula is C18H28ClNO2. The Morgan fingerprint density at radius 2 is 1.95 bits per heavy atom. The first-order valence-corrected chi connectivity index (χ1v) is 7.92. The van der Waals surface area contributed by atoms with E-state index in [2.05, 4.69) is 18.2 Å². The minimum absolute atomic E-state index is 0. The van der Waals surface area contributed by atoms with Crippen molar-refractivity contribution in [2.24, 2.45) is 5.73 Å². The van der Waals surface area contributed by atoms with E-state index in [0.29, 0.717) is 12.3 Å². The molecule has 1 saturated carbocycles. The van der Waals surface area contributed by atoms with E-state index in [0.717, 1.165) is 5.56 Å². The lowest BCUT2D eigenvalue weighted by Gasteiger charge is -2.22. The molecule has 0 radical (unpaired) electrons. The summed E-state index contributed by atoms with van der Waals surface area (Å²) in [6.07, 6.45) is 5.75. The van der Waals surface area contributed by atoms with Crippen LogP contribution < -0.4 is 5.73 Å². The van der Waals surface area contributed by atoms with Crippen LogP contribution in [0.4, 0.5) is 0 Å². The van der Waals surface area contributed by atoms with E-state index in [1.807, 2.05) is 26.8 Å². The van der Waals surface area contributed by atoms with Crippen LogP contribution >= 0.6 is 12.4 Å². The number of nitrogens with two attached hydrogens (primary N) is 1. The van der Waals surface area contributed by atoms with Crippen LogP contribution in [0.1, 0.15) is 63.5 Å². The highest BCUT2D eigenvalue weighted by molar-refractivity contribution is 5.85. The fourth-order valence-electron chi connectivity index (χ4n) is 2.95. The molecule has 0 spiro atoms. The number of carbonyl (C=O) groups excluding carboxylic acids is 1. The van der Waals surface area contributed by atoms with E-state index in [-0.39, 0.29) is 18.4 Å². The number of carbonyl (C=O) groups is 1. The molecule has 1 aliphatic carbocycles. The van der Waals surface area contributed by atoms with Crippen molar-refractivity contribution < 1.29 is 9.53 Å². The Morgan fingerprint density at radius 3 is 2.55 bits per heavy atom. The Morgan fingerprint density at radius 1 is 1.32 bits per heavy atom. The second kappa shape index (κ2) is 7.98. The maximum Gasteiger partial charge on any atom is 0.323 e. The molecule has 1 atom stereocenters. The molecule has 0 heterocycles. The molecular weight excluding hydrogens is 298 g/mol. The Labute approximate surface area is 140 Å². The molecule has 124 valence electrons. The van der Waals surface area contributed by atoms with Crippen molar-refractivity contribution in [3.63, 3.8) is 0 Å². The van der Waals surface area contributed by atoms with Gasteiger partial charge in [0.2, 0.25) is 0 Å². The summed E-state index contributed by atoms with van der Waals surface area (Å²) in [7, 11) is 0. The molecule has 0 unspecified atom stereocenters. The SMILES string of the molecule is CC(C)(C)OC(=O)[C@@H](N)Cc1cccc(C2CCCC2)c1.Cl. The summed E-state index contributed by atoms with van der Waals surface area (Å²) in [6.45, 7) is 5.58. The van der Waals surface area contributed by atoms with Gasteiger partial charge in [-0.2, -0.15) is 0 Å². The van der Waals surface area contributed by atoms with Gasteiger partial charge in [0.1, 0.15) is 11.6 Å². The average molecular weight is 326 g/mol. The van der Waals surface area contributed by atoms with Gasteiger partial charge in [0.15, 0.2) is 0 Å². The van der Waals surface area contributed by atoms with E-state index in [4.69, 9.17) is 10.5 Å². The molecule has 0 aliphatic heterocycles. The van der Waals surface area contributed by atoms with Gasteiger partial charge in [-0.25, -0.2) is 0 Å². The number of hydrogen-bond acceptors (Lipinski definition) is 3. The van der Waals surface area contributed by atoms with Gasteiger partial charge in [0.25, 0.3) is 0 Å². The van der Waals surface area contributed by atoms with E-state index in [1.165, 1.54) is 31.2 Å². The van der Waals surface area contributed by atoms with Crippen molar-refractivity contribution in [3.8, 4) is 0 Å². The number of halogens is 1. The fraction of sp³-hybridized carbons (Fsp3) is 0.611. The maximum atomic E-state index is 12.0. The molecule has 1 aromatic carbocycles. The first kappa shape index (κ1) is 19.0. The molecule has 2 N–H and O–H groups in total. The smallest absolute Gasteiger partial charge is 0.323 e. The van der Waals surface area contributed by atoms with Crippen molar-refractivity contribution in [3.05, 3.63) is 35.4 Å². The molecule has 2 rings (SSSR count). The minimum atomic E-state index is -0.594. The Hall–Kier alpha value is -1.06. The second-order valence-corrected chi connectivity index (χ2v) is 7.07. The van der Waals surface area contributed by atoms with Gasteiger partial charge < -0.3 is 10.5 Å². The van der Waals surface area contributed by atoms with E-state index in [1.54, 1.807) is 0 Å². The van der Waals surface area contributed by atoms with E-state index < -0.39 is 11.6 Å². The van der Waals surface area contributed by atoms with Gasteiger partial charge >= 0.3 is 5.97 Å². The lowest BCUT2D eigenvalue weighted by Crippen LogP contribution is -2.38. The maximum absolute atomic E-state index is 12.0. The molecule has 0 bridgehead atoms. The van der Waals surface area contributed by atoms with Crippen LogP contribution in [-0.4, -0.2) is 17.6 Å². The minimum Gasteiger partial charge on any atom is -0.459 e. The van der Waals surface area contributed by atoms with Crippen LogP contribution in [-0.2, 0) is 16.0 Å². The van der Waals surface area contributed by atoms with E-state index in [9.17, 15) is 4.79 Å². The zero-order valence-electron chi connectivity index (χ0n) is 13.8. The van der Waals surface area contributed by atoms with Crippen molar-refractivity contribution in [1.29, 1.82) is 0 Å². The lowest BCUT2D eigenvalue weighted by molar-refractivity contribution is -0.156. The Bertz CT molecular complexity index is 490. The third-order valence-corrected chi connectivity index (χ3v) is 3.94. The van der Waals surface area contributed by atoms with Crippen molar-refractivity contribution in [1.82, 2.24) is 0 Å². The predicted molar refractivity (Wildman–Crippen MR) is 92.4 cm³/mol. The monoisotopic (exact) mass is 325 g/mol. The molecule has 0 aromatic heterocycles. The second-order valence-electron chi connectivity index (χ2n) is 7.07. The summed E-state index contributed by atoms with van der Waals surface area (Å²) in [5.74, 6) is 0.358. The third kappa shape index (κ3) is 5.62. The van der Waals surface area contributed by atoms with Crippen LogP contribution in [0.2, 0.25) is 0 Å². The van der Waals surface area contributed by atoms with Crippen LogP contribution in [0.3, 0.4) is 0 Å². The summed E-state index contributed by atoms with van der Waals surface area (Å²) in [4.78, 5) is 12.0. The van der Waals surface area contributed by atoms with Crippen molar-refractivity contribution in [2.75, 3.05) is 0 Å². The van der Waals surface area contributed by atoms with Gasteiger partial charge in [0.05, 0.1) is 0 Å². The predicted octanol–water partition coefficient (Wildman–Crippen LogP) is 3.98. The van der Waals surface area contributed by atoms with Gasteiger partial charge in [-0.1, -0.05) is 37.1 Å². The quantitative estimate of drug-likeness (QED) is 0.852. The molecule has 1 aromatic rings. The highest BCUT2D eigenvalue weighted by Gasteiger charge is 2.23. The van der Waals surface area contributed by atoms with Crippen molar-refractivity contribution >= 4 is 18.4 Å². The number of hydrogen-bond donors (Lipinski definition) is 1. The fourth-order valence-corrected chi connectivity index (χ4v) is 2.95. The van der Waals surface area contributed by atoms with Crippen LogP contribution in [0.15, 0.2) is 24.3 Å². The zero-order valence-corrected chi connectivity index (χ0v) is 14.6. The molecule has 1 fully saturated rings. The number of benzene rings is 1. The summed E-state index contributed by atoms with van der Waals surface area (Å²) < 4.78 is 5.34. The first-order valence-electron chi connectivity index (χ1n) is 7.92. The number of rotatable bonds is 4. The number of esters is 1. The Balaban J connectivity index is 0.00000242. The summed E-state index contributed by atoms with van der Waals surface area (Å²) >= 11 is 0. The normalized spacial score (nSPS) is 16.9. The number of ether oxygens (including phenoxy) is 1. The highest BCUT2D eigenvalue weighted by atomic mass is 35.5. The third-order valence-electron chi connectivity index (χ3n) is 3.94. The molecule has 0 saturated heterocycles. The zero-order chi connectivity index (χ0) is 15.5.